The summed E-state index contributed by atoms with van der Waals surface area (Å²) < 4.78 is 7.19. The van der Waals surface area contributed by atoms with Crippen LogP contribution >= 0.6 is 23.2 Å². The molecule has 0 aliphatic carbocycles. The molecule has 0 fully saturated rings. The van der Waals surface area contributed by atoms with E-state index in [-0.39, 0.29) is 0 Å². The topological polar surface area (TPSA) is 53.1 Å². The average molecular weight is 314 g/mol. The maximum Gasteiger partial charge on any atom is 0.161 e. The van der Waals surface area contributed by atoms with E-state index in [0.29, 0.717) is 15.8 Å². The Hall–Kier alpha value is -1.23. The first kappa shape index (κ1) is 15.2. The smallest absolute Gasteiger partial charge is 0.161 e. The highest BCUT2D eigenvalue weighted by Gasteiger charge is 2.22. The van der Waals surface area contributed by atoms with Gasteiger partial charge in [0.05, 0.1) is 29.4 Å². The zero-order chi connectivity index (χ0) is 14.7. The molecule has 0 saturated heterocycles. The van der Waals surface area contributed by atoms with Crippen molar-refractivity contribution in [3.8, 4) is 5.75 Å². The molecule has 0 saturated carbocycles. The summed E-state index contributed by atoms with van der Waals surface area (Å²) in [6, 6.07) is 4.99. The predicted octanol–water partition coefficient (Wildman–Crippen LogP) is 3.66. The minimum absolute atomic E-state index is 0.440. The van der Waals surface area contributed by atoms with Crippen LogP contribution in [0.4, 0.5) is 0 Å². The molecule has 2 rings (SSSR count). The lowest BCUT2D eigenvalue weighted by Gasteiger charge is -2.17. The highest BCUT2D eigenvalue weighted by atomic mass is 35.5. The van der Waals surface area contributed by atoms with E-state index >= 15 is 0 Å². The minimum atomic E-state index is -0.440. The molecule has 0 spiro atoms. The molecule has 2 N–H and O–H groups in total. The van der Waals surface area contributed by atoms with E-state index in [1.54, 1.807) is 19.4 Å². The third kappa shape index (κ3) is 2.77. The van der Waals surface area contributed by atoms with E-state index in [9.17, 15) is 0 Å². The molecular formula is C14H17Cl2N3O. The SMILES string of the molecule is CCCn1ncc(OC)c1C(N)c1cccc(Cl)c1Cl. The Balaban J connectivity index is 2.49. The number of hydrogen-bond donors (Lipinski definition) is 1. The van der Waals surface area contributed by atoms with Crippen molar-refractivity contribution in [2.75, 3.05) is 7.11 Å². The number of ether oxygens (including phenoxy) is 1. The van der Waals surface area contributed by atoms with Crippen molar-refractivity contribution in [1.82, 2.24) is 9.78 Å². The highest BCUT2D eigenvalue weighted by molar-refractivity contribution is 6.42. The number of halogens is 2. The second-order valence-corrected chi connectivity index (χ2v) is 5.23. The van der Waals surface area contributed by atoms with Crippen molar-refractivity contribution in [3.05, 3.63) is 45.7 Å². The molecule has 0 bridgehead atoms. The third-order valence-corrected chi connectivity index (χ3v) is 3.94. The van der Waals surface area contributed by atoms with Crippen molar-refractivity contribution in [3.63, 3.8) is 0 Å². The minimum Gasteiger partial charge on any atom is -0.493 e. The van der Waals surface area contributed by atoms with Crippen LogP contribution in [0.3, 0.4) is 0 Å². The van der Waals surface area contributed by atoms with Gasteiger partial charge in [-0.25, -0.2) is 0 Å². The van der Waals surface area contributed by atoms with Crippen LogP contribution in [0.2, 0.25) is 10.0 Å². The van der Waals surface area contributed by atoms with Crippen molar-refractivity contribution in [1.29, 1.82) is 0 Å². The van der Waals surface area contributed by atoms with Crippen LogP contribution in [0, 0.1) is 0 Å². The normalized spacial score (nSPS) is 12.4. The maximum atomic E-state index is 6.35. The highest BCUT2D eigenvalue weighted by Crippen LogP contribution is 2.35. The van der Waals surface area contributed by atoms with Gasteiger partial charge < -0.3 is 10.5 Å². The molecule has 2 aromatic rings. The number of methoxy groups -OCH3 is 1. The van der Waals surface area contributed by atoms with E-state index in [1.807, 2.05) is 16.8 Å². The first-order valence-electron chi connectivity index (χ1n) is 6.39. The molecule has 0 radical (unpaired) electrons. The first-order chi connectivity index (χ1) is 9.60. The number of aryl methyl sites for hydroxylation is 1. The molecule has 1 atom stereocenters. The first-order valence-corrected chi connectivity index (χ1v) is 7.14. The summed E-state index contributed by atoms with van der Waals surface area (Å²) in [5.74, 6) is 0.655. The van der Waals surface area contributed by atoms with Gasteiger partial charge in [-0.15, -0.1) is 0 Å². The lowest BCUT2D eigenvalue weighted by molar-refractivity contribution is 0.404. The predicted molar refractivity (Wildman–Crippen MR) is 81.6 cm³/mol. The van der Waals surface area contributed by atoms with Crippen LogP contribution in [-0.4, -0.2) is 16.9 Å². The van der Waals surface area contributed by atoms with Crippen molar-refractivity contribution in [2.45, 2.75) is 25.9 Å². The summed E-state index contributed by atoms with van der Waals surface area (Å²) >= 11 is 12.3. The molecular weight excluding hydrogens is 297 g/mol. The summed E-state index contributed by atoms with van der Waals surface area (Å²) in [7, 11) is 1.60. The Labute approximate surface area is 128 Å². The Morgan fingerprint density at radius 1 is 1.40 bits per heavy atom. The lowest BCUT2D eigenvalue weighted by atomic mass is 10.0. The zero-order valence-electron chi connectivity index (χ0n) is 11.4. The second kappa shape index (κ2) is 6.48. The number of nitrogens with two attached hydrogens (primary N) is 1. The zero-order valence-corrected chi connectivity index (χ0v) is 12.9. The van der Waals surface area contributed by atoms with Gasteiger partial charge >= 0.3 is 0 Å². The van der Waals surface area contributed by atoms with Crippen molar-refractivity contribution >= 4 is 23.2 Å². The molecule has 1 heterocycles. The van der Waals surface area contributed by atoms with Gasteiger partial charge in [0, 0.05) is 6.54 Å². The Morgan fingerprint density at radius 3 is 2.80 bits per heavy atom. The fourth-order valence-electron chi connectivity index (χ4n) is 2.15. The molecule has 20 heavy (non-hydrogen) atoms. The van der Waals surface area contributed by atoms with Crippen LogP contribution in [0.25, 0.3) is 0 Å². The van der Waals surface area contributed by atoms with Gasteiger partial charge in [0.2, 0.25) is 0 Å². The molecule has 6 heteroatoms. The van der Waals surface area contributed by atoms with E-state index in [1.165, 1.54) is 0 Å². The van der Waals surface area contributed by atoms with Crippen molar-refractivity contribution < 1.29 is 4.74 Å². The van der Waals surface area contributed by atoms with Crippen LogP contribution in [0.1, 0.15) is 30.6 Å². The molecule has 1 aromatic carbocycles. The third-order valence-electron chi connectivity index (χ3n) is 3.11. The van der Waals surface area contributed by atoms with Crippen LogP contribution in [-0.2, 0) is 6.54 Å². The number of benzene rings is 1. The second-order valence-electron chi connectivity index (χ2n) is 4.44. The molecule has 0 aliphatic rings. The quantitative estimate of drug-likeness (QED) is 0.916. The van der Waals surface area contributed by atoms with Crippen molar-refractivity contribution in [2.24, 2.45) is 5.73 Å². The Kier molecular flexibility index (Phi) is 4.91. The number of rotatable bonds is 5. The average Bonchev–Trinajstić information content (AvgIpc) is 2.84. The number of nitrogens with zero attached hydrogens (tertiary/aromatic N) is 2. The summed E-state index contributed by atoms with van der Waals surface area (Å²) in [5, 5.41) is 5.26. The fourth-order valence-corrected chi connectivity index (χ4v) is 2.57. The molecule has 108 valence electrons. The van der Waals surface area contributed by atoms with Gasteiger partial charge in [-0.3, -0.25) is 4.68 Å². The molecule has 1 unspecified atom stereocenters. The van der Waals surface area contributed by atoms with Gasteiger partial charge in [0.25, 0.3) is 0 Å². The summed E-state index contributed by atoms with van der Waals surface area (Å²) in [6.07, 6.45) is 2.62. The maximum absolute atomic E-state index is 6.35. The van der Waals surface area contributed by atoms with Crippen LogP contribution in [0.5, 0.6) is 5.75 Å². The number of hydrogen-bond acceptors (Lipinski definition) is 3. The standard InChI is InChI=1S/C14H17Cl2N3O/c1-3-7-19-14(11(20-2)8-18-19)13(17)9-5-4-6-10(15)12(9)16/h4-6,8,13H,3,7,17H2,1-2H3. The fraction of sp³-hybridized carbons (Fsp3) is 0.357. The largest absolute Gasteiger partial charge is 0.493 e. The van der Waals surface area contributed by atoms with Gasteiger partial charge in [0.15, 0.2) is 5.75 Å². The van der Waals surface area contributed by atoms with Crippen LogP contribution < -0.4 is 10.5 Å². The van der Waals surface area contributed by atoms with E-state index in [0.717, 1.165) is 24.2 Å². The van der Waals surface area contributed by atoms with Crippen LogP contribution in [0.15, 0.2) is 24.4 Å². The van der Waals surface area contributed by atoms with E-state index in [2.05, 4.69) is 12.0 Å². The van der Waals surface area contributed by atoms with E-state index < -0.39 is 6.04 Å². The van der Waals surface area contributed by atoms with Gasteiger partial charge in [-0.1, -0.05) is 42.3 Å². The van der Waals surface area contributed by atoms with Gasteiger partial charge in [-0.2, -0.15) is 5.10 Å². The lowest BCUT2D eigenvalue weighted by Crippen LogP contribution is -2.19. The Bertz CT molecular complexity index is 598. The Morgan fingerprint density at radius 2 is 2.15 bits per heavy atom. The van der Waals surface area contributed by atoms with E-state index in [4.69, 9.17) is 33.7 Å². The molecule has 1 aromatic heterocycles. The van der Waals surface area contributed by atoms with Gasteiger partial charge in [-0.05, 0) is 18.1 Å². The summed E-state index contributed by atoms with van der Waals surface area (Å²) in [4.78, 5) is 0. The molecule has 0 amide bonds. The molecule has 4 nitrogen and oxygen atoms in total. The van der Waals surface area contributed by atoms with Gasteiger partial charge in [0.1, 0.15) is 5.69 Å². The number of aromatic nitrogens is 2. The summed E-state index contributed by atoms with van der Waals surface area (Å²) in [5.41, 5.74) is 7.92. The summed E-state index contributed by atoms with van der Waals surface area (Å²) in [6.45, 7) is 2.85. The molecule has 0 aliphatic heterocycles. The monoisotopic (exact) mass is 313 g/mol.